The molecule has 0 amide bonds. The van der Waals surface area contributed by atoms with Crippen molar-refractivity contribution in [2.75, 3.05) is 11.5 Å². The van der Waals surface area contributed by atoms with Crippen LogP contribution < -0.4 is 10.5 Å². The summed E-state index contributed by atoms with van der Waals surface area (Å²) in [5.74, 6) is 2.63. The molecular weight excluding hydrogens is 294 g/mol. The second-order valence-corrected chi connectivity index (χ2v) is 6.99. The molecule has 0 spiro atoms. The molecule has 0 aliphatic carbocycles. The van der Waals surface area contributed by atoms with Gasteiger partial charge in [0.1, 0.15) is 11.3 Å². The van der Waals surface area contributed by atoms with Gasteiger partial charge in [0.25, 0.3) is 0 Å². The molecule has 20 heavy (non-hydrogen) atoms. The lowest BCUT2D eigenvalue weighted by atomic mass is 9.93. The van der Waals surface area contributed by atoms with Crippen molar-refractivity contribution in [3.63, 3.8) is 0 Å². The van der Waals surface area contributed by atoms with Crippen LogP contribution in [0.2, 0.25) is 5.15 Å². The van der Waals surface area contributed by atoms with Gasteiger partial charge in [-0.2, -0.15) is 11.8 Å². The molecule has 0 radical (unpaired) electrons. The normalized spacial score (nSPS) is 16.2. The summed E-state index contributed by atoms with van der Waals surface area (Å²) >= 11 is 7.89. The van der Waals surface area contributed by atoms with Gasteiger partial charge in [-0.05, 0) is 30.9 Å². The first kappa shape index (κ1) is 13.9. The molecule has 3 rings (SSSR count). The van der Waals surface area contributed by atoms with Gasteiger partial charge in [0.2, 0.25) is 5.88 Å². The highest BCUT2D eigenvalue weighted by Crippen LogP contribution is 2.33. The van der Waals surface area contributed by atoms with Crippen molar-refractivity contribution < 1.29 is 4.74 Å². The second-order valence-electron chi connectivity index (χ2n) is 5.53. The topological polar surface area (TPSA) is 61.0 Å². The minimum Gasteiger partial charge on any atom is -0.472 e. The lowest BCUT2D eigenvalue weighted by Crippen LogP contribution is -2.32. The number of rotatable bonds is 3. The fraction of sp³-hybridized carbons (Fsp3) is 0.429. The quantitative estimate of drug-likeness (QED) is 0.883. The molecule has 106 valence electrons. The maximum Gasteiger partial charge on any atom is 0.223 e. The van der Waals surface area contributed by atoms with Crippen LogP contribution in [0.5, 0.6) is 5.88 Å². The molecule has 1 fully saturated rings. The molecule has 0 atom stereocenters. The Morgan fingerprint density at radius 1 is 1.30 bits per heavy atom. The van der Waals surface area contributed by atoms with E-state index >= 15 is 0 Å². The highest BCUT2D eigenvalue weighted by atomic mass is 35.5. The van der Waals surface area contributed by atoms with Crippen molar-refractivity contribution in [3.8, 4) is 5.88 Å². The Balaban J connectivity index is 2.14. The molecule has 2 aromatic rings. The molecule has 1 saturated heterocycles. The lowest BCUT2D eigenvalue weighted by molar-refractivity contribution is 0.234. The van der Waals surface area contributed by atoms with Crippen LogP contribution in [0.25, 0.3) is 10.8 Å². The summed E-state index contributed by atoms with van der Waals surface area (Å²) in [4.78, 5) is 8.57. The number of fused-ring (bicyclic) bond motifs is 1. The summed E-state index contributed by atoms with van der Waals surface area (Å²) in [6.07, 6.45) is 3.73. The molecule has 4 nitrogen and oxygen atoms in total. The van der Waals surface area contributed by atoms with E-state index in [1.165, 1.54) is 0 Å². The summed E-state index contributed by atoms with van der Waals surface area (Å²) in [5, 5.41) is 2.26. The smallest absolute Gasteiger partial charge is 0.223 e. The molecule has 0 unspecified atom stereocenters. The summed E-state index contributed by atoms with van der Waals surface area (Å²) in [5.41, 5.74) is 6.65. The van der Waals surface area contributed by atoms with Gasteiger partial charge in [-0.1, -0.05) is 11.6 Å². The zero-order valence-corrected chi connectivity index (χ0v) is 13.0. The Morgan fingerprint density at radius 3 is 2.65 bits per heavy atom. The van der Waals surface area contributed by atoms with Crippen molar-refractivity contribution >= 4 is 34.1 Å². The maximum atomic E-state index is 6.21. The summed E-state index contributed by atoms with van der Waals surface area (Å²) in [6, 6.07) is 1.82. The molecule has 1 aliphatic heterocycles. The van der Waals surface area contributed by atoms with Gasteiger partial charge in [0, 0.05) is 29.4 Å². The molecular formula is C14H16ClN3OS. The number of nitrogens with two attached hydrogens (primary N) is 1. The Bertz CT molecular complexity index is 653. The number of thioether (sulfide) groups is 1. The number of aromatic nitrogens is 2. The van der Waals surface area contributed by atoms with Gasteiger partial charge in [0.05, 0.1) is 5.39 Å². The SMILES string of the molecule is CC(C)(N)c1cnc(OC2CSC2)c2cnc(Cl)cc12. The van der Waals surface area contributed by atoms with Gasteiger partial charge in [-0.25, -0.2) is 9.97 Å². The van der Waals surface area contributed by atoms with Crippen LogP contribution in [0, 0.1) is 0 Å². The Labute approximate surface area is 127 Å². The van der Waals surface area contributed by atoms with Crippen LogP contribution in [-0.4, -0.2) is 27.6 Å². The summed E-state index contributed by atoms with van der Waals surface area (Å²) in [6.45, 7) is 3.89. The minimum absolute atomic E-state index is 0.239. The molecule has 0 saturated carbocycles. The van der Waals surface area contributed by atoms with Gasteiger partial charge in [-0.15, -0.1) is 0 Å². The maximum absolute atomic E-state index is 6.21. The third kappa shape index (κ3) is 2.57. The average molecular weight is 310 g/mol. The van der Waals surface area contributed by atoms with E-state index < -0.39 is 5.54 Å². The van der Waals surface area contributed by atoms with E-state index in [0.29, 0.717) is 11.0 Å². The summed E-state index contributed by atoms with van der Waals surface area (Å²) in [7, 11) is 0. The van der Waals surface area contributed by atoms with Crippen LogP contribution in [-0.2, 0) is 5.54 Å². The number of halogens is 1. The van der Waals surface area contributed by atoms with Gasteiger partial charge < -0.3 is 10.5 Å². The van der Waals surface area contributed by atoms with E-state index in [4.69, 9.17) is 22.1 Å². The van der Waals surface area contributed by atoms with Crippen molar-refractivity contribution in [2.24, 2.45) is 5.73 Å². The Morgan fingerprint density at radius 2 is 2.05 bits per heavy atom. The van der Waals surface area contributed by atoms with Crippen LogP contribution in [0.15, 0.2) is 18.5 Å². The zero-order valence-electron chi connectivity index (χ0n) is 11.4. The van der Waals surface area contributed by atoms with E-state index in [0.717, 1.165) is 27.8 Å². The van der Waals surface area contributed by atoms with Crippen molar-refractivity contribution in [3.05, 3.63) is 29.2 Å². The molecule has 1 aliphatic rings. The van der Waals surface area contributed by atoms with E-state index in [1.54, 1.807) is 12.4 Å². The van der Waals surface area contributed by atoms with Gasteiger partial charge in [0.15, 0.2) is 0 Å². The minimum atomic E-state index is -0.499. The number of ether oxygens (including phenoxy) is 1. The van der Waals surface area contributed by atoms with Crippen LogP contribution in [0.4, 0.5) is 0 Å². The van der Waals surface area contributed by atoms with Crippen molar-refractivity contribution in [1.29, 1.82) is 0 Å². The molecule has 6 heteroatoms. The molecule has 2 N–H and O–H groups in total. The van der Waals surface area contributed by atoms with Gasteiger partial charge >= 0.3 is 0 Å². The highest BCUT2D eigenvalue weighted by molar-refractivity contribution is 8.00. The first-order valence-electron chi connectivity index (χ1n) is 6.43. The highest BCUT2D eigenvalue weighted by Gasteiger charge is 2.24. The zero-order chi connectivity index (χ0) is 14.3. The monoisotopic (exact) mass is 309 g/mol. The van der Waals surface area contributed by atoms with E-state index in [-0.39, 0.29) is 6.10 Å². The second kappa shape index (κ2) is 5.06. The van der Waals surface area contributed by atoms with Crippen molar-refractivity contribution in [1.82, 2.24) is 9.97 Å². The van der Waals surface area contributed by atoms with E-state index in [2.05, 4.69) is 9.97 Å². The van der Waals surface area contributed by atoms with Crippen LogP contribution in [0.3, 0.4) is 0 Å². The number of hydrogen-bond acceptors (Lipinski definition) is 5. The standard InChI is InChI=1S/C14H16ClN3OS/c1-14(2,16)11-5-18-13(19-8-6-20-7-8)10-4-17-12(15)3-9(10)11/h3-5,8H,6-7,16H2,1-2H3. The fourth-order valence-electron chi connectivity index (χ4n) is 2.13. The fourth-order valence-corrected chi connectivity index (χ4v) is 2.85. The first-order chi connectivity index (χ1) is 9.45. The Kier molecular flexibility index (Phi) is 3.52. The Hall–Kier alpha value is -1.04. The van der Waals surface area contributed by atoms with Crippen molar-refractivity contribution in [2.45, 2.75) is 25.5 Å². The lowest BCUT2D eigenvalue weighted by Gasteiger charge is -2.27. The third-order valence-corrected chi connectivity index (χ3v) is 4.70. The number of hydrogen-bond donors (Lipinski definition) is 1. The van der Waals surface area contributed by atoms with Gasteiger partial charge in [-0.3, -0.25) is 0 Å². The number of nitrogens with zero attached hydrogens (tertiary/aromatic N) is 2. The van der Waals surface area contributed by atoms with E-state index in [1.807, 2.05) is 31.7 Å². The predicted octanol–water partition coefficient (Wildman–Crippen LogP) is 2.97. The predicted molar refractivity (Wildman–Crippen MR) is 83.5 cm³/mol. The molecule has 2 aromatic heterocycles. The molecule has 3 heterocycles. The average Bonchev–Trinajstić information content (AvgIpc) is 2.31. The molecule has 0 aromatic carbocycles. The summed E-state index contributed by atoms with van der Waals surface area (Å²) < 4.78 is 5.92. The van der Waals surface area contributed by atoms with E-state index in [9.17, 15) is 0 Å². The number of pyridine rings is 2. The first-order valence-corrected chi connectivity index (χ1v) is 7.96. The molecule has 0 bridgehead atoms. The third-order valence-electron chi connectivity index (χ3n) is 3.28. The van der Waals surface area contributed by atoms with Crippen LogP contribution in [0.1, 0.15) is 19.4 Å². The van der Waals surface area contributed by atoms with Crippen LogP contribution >= 0.6 is 23.4 Å². The largest absolute Gasteiger partial charge is 0.472 e.